The van der Waals surface area contributed by atoms with Crippen LogP contribution in [0.3, 0.4) is 0 Å². The zero-order chi connectivity index (χ0) is 16.4. The molecule has 4 heteroatoms. The van der Waals surface area contributed by atoms with Crippen molar-refractivity contribution in [3.8, 4) is 0 Å². The van der Waals surface area contributed by atoms with Crippen molar-refractivity contribution in [1.82, 2.24) is 0 Å². The minimum Gasteiger partial charge on any atom is -0.399 e. The van der Waals surface area contributed by atoms with Crippen molar-refractivity contribution in [1.29, 1.82) is 0 Å². The van der Waals surface area contributed by atoms with Crippen LogP contribution in [0.25, 0.3) is 0 Å². The van der Waals surface area contributed by atoms with Gasteiger partial charge in [0.1, 0.15) is 0 Å². The van der Waals surface area contributed by atoms with E-state index in [-0.39, 0.29) is 0 Å². The maximum absolute atomic E-state index is 5.65. The quantitative estimate of drug-likeness (QED) is 0.451. The molecule has 0 amide bonds. The smallest absolute Gasteiger partial charge is 0.0554 e. The fraction of sp³-hybridized carbons (Fsp3) is 0.294. The van der Waals surface area contributed by atoms with Crippen molar-refractivity contribution >= 4 is 41.5 Å². The normalized spacial score (nSPS) is 9.10. The number of hydrogen-bond donors (Lipinski definition) is 2. The van der Waals surface area contributed by atoms with E-state index < -0.39 is 0 Å². The Morgan fingerprint density at radius 2 is 1.57 bits per heavy atom. The van der Waals surface area contributed by atoms with Crippen molar-refractivity contribution in [2.75, 3.05) is 5.73 Å². The number of nitrogen functional groups attached to an aromatic ring is 1. The molecule has 0 unspecified atom stereocenters. The van der Waals surface area contributed by atoms with Gasteiger partial charge in [-0.15, -0.1) is 12.6 Å². The van der Waals surface area contributed by atoms with Crippen LogP contribution in [0.4, 0.5) is 5.69 Å². The van der Waals surface area contributed by atoms with Gasteiger partial charge in [0.25, 0.3) is 0 Å². The van der Waals surface area contributed by atoms with Gasteiger partial charge in [-0.25, -0.2) is 0 Å². The van der Waals surface area contributed by atoms with E-state index in [9.17, 15) is 0 Å². The molecule has 1 nitrogen and oxygen atoms in total. The molecule has 0 spiro atoms. The van der Waals surface area contributed by atoms with Crippen LogP contribution < -0.4 is 5.73 Å². The van der Waals surface area contributed by atoms with Crippen LogP contribution in [-0.4, -0.2) is 0 Å². The van der Waals surface area contributed by atoms with E-state index in [1.165, 1.54) is 11.1 Å². The van der Waals surface area contributed by atoms with E-state index in [0.717, 1.165) is 12.1 Å². The number of nitrogens with two attached hydrogens (primary N) is 1. The number of hydrogen-bond acceptors (Lipinski definition) is 2. The summed E-state index contributed by atoms with van der Waals surface area (Å²) in [4.78, 5) is 0.640. The van der Waals surface area contributed by atoms with Crippen molar-refractivity contribution in [2.24, 2.45) is 0 Å². The highest BCUT2D eigenvalue weighted by Gasteiger charge is 1.97. The first-order valence-electron chi connectivity index (χ1n) is 6.93. The van der Waals surface area contributed by atoms with Crippen LogP contribution in [0.5, 0.6) is 0 Å². The summed E-state index contributed by atoms with van der Waals surface area (Å²) in [5, 5.41) is 1.18. The molecule has 0 aliphatic rings. The lowest BCUT2D eigenvalue weighted by Gasteiger charge is -2.02. The molecule has 2 N–H and O–H groups in total. The van der Waals surface area contributed by atoms with E-state index in [1.807, 2.05) is 26.0 Å². The minimum atomic E-state index is 0.589. The zero-order valence-corrected chi connectivity index (χ0v) is 15.4. The predicted molar refractivity (Wildman–Crippen MR) is 100 cm³/mol. The number of anilines is 1. The van der Waals surface area contributed by atoms with Crippen molar-refractivity contribution in [3.05, 3.63) is 57.6 Å². The van der Waals surface area contributed by atoms with E-state index in [2.05, 4.69) is 32.5 Å². The first-order chi connectivity index (χ1) is 9.95. The second-order valence-electron chi connectivity index (χ2n) is 4.11. The van der Waals surface area contributed by atoms with Gasteiger partial charge in [-0.3, -0.25) is 0 Å². The first-order valence-corrected chi connectivity index (χ1v) is 8.14. The third-order valence-corrected chi connectivity index (χ3v) is 4.06. The molecule has 2 aromatic rings. The topological polar surface area (TPSA) is 26.0 Å². The largest absolute Gasteiger partial charge is 0.399 e. The highest BCUT2D eigenvalue weighted by Crippen LogP contribution is 2.26. The standard InChI is InChI=1S/C9H13N.C6H4Cl2S.C2H6/c1-3-8-4-5-9(10)6-7(8)2;7-4-2-1-3-5(8)6(4)9;1-2/h4-6H,3,10H2,1-2H3;1-3,9H;1-2H3. The SMILES string of the molecule is CC.CCc1ccc(N)cc1C.Sc1c(Cl)cccc1Cl. The average molecular weight is 344 g/mol. The Bertz CT molecular complexity index is 536. The molecule has 21 heavy (non-hydrogen) atoms. The maximum atomic E-state index is 5.65. The second kappa shape index (κ2) is 10.8. The molecule has 0 saturated heterocycles. The summed E-state index contributed by atoms with van der Waals surface area (Å²) in [5.74, 6) is 0. The second-order valence-corrected chi connectivity index (χ2v) is 5.37. The molecular weight excluding hydrogens is 321 g/mol. The lowest BCUT2D eigenvalue weighted by atomic mass is 10.1. The molecule has 0 saturated carbocycles. The van der Waals surface area contributed by atoms with Crippen LogP contribution in [0.2, 0.25) is 10.0 Å². The van der Waals surface area contributed by atoms with Crippen LogP contribution in [0.1, 0.15) is 31.9 Å². The Morgan fingerprint density at radius 3 is 1.95 bits per heavy atom. The summed E-state index contributed by atoms with van der Waals surface area (Å²) in [7, 11) is 0. The van der Waals surface area contributed by atoms with E-state index in [0.29, 0.717) is 14.9 Å². The number of thiol groups is 1. The van der Waals surface area contributed by atoms with Gasteiger partial charge in [-0.05, 0) is 48.7 Å². The molecule has 0 aromatic heterocycles. The number of benzene rings is 2. The molecule has 0 aliphatic heterocycles. The monoisotopic (exact) mass is 343 g/mol. The van der Waals surface area contributed by atoms with Crippen LogP contribution in [0, 0.1) is 6.92 Å². The average Bonchev–Trinajstić information content (AvgIpc) is 2.48. The van der Waals surface area contributed by atoms with Gasteiger partial charge in [-0.2, -0.15) is 0 Å². The Labute approximate surface area is 143 Å². The van der Waals surface area contributed by atoms with Crippen LogP contribution in [0.15, 0.2) is 41.3 Å². The molecule has 0 atom stereocenters. The third kappa shape index (κ3) is 7.12. The molecule has 2 aromatic carbocycles. The van der Waals surface area contributed by atoms with Gasteiger partial charge >= 0.3 is 0 Å². The van der Waals surface area contributed by atoms with Gasteiger partial charge in [0.15, 0.2) is 0 Å². The summed E-state index contributed by atoms with van der Waals surface area (Å²) in [6.45, 7) is 8.24. The summed E-state index contributed by atoms with van der Waals surface area (Å²) < 4.78 is 0. The first kappa shape index (κ1) is 20.2. The highest BCUT2D eigenvalue weighted by molar-refractivity contribution is 7.80. The van der Waals surface area contributed by atoms with Gasteiger partial charge < -0.3 is 5.73 Å². The van der Waals surface area contributed by atoms with E-state index >= 15 is 0 Å². The van der Waals surface area contributed by atoms with Crippen LogP contribution in [-0.2, 0) is 6.42 Å². The summed E-state index contributed by atoms with van der Waals surface area (Å²) in [5.41, 5.74) is 9.12. The van der Waals surface area contributed by atoms with Crippen molar-refractivity contribution < 1.29 is 0 Å². The lowest BCUT2D eigenvalue weighted by molar-refractivity contribution is 1.11. The number of halogens is 2. The fourth-order valence-electron chi connectivity index (χ4n) is 1.60. The van der Waals surface area contributed by atoms with Gasteiger partial charge in [-0.1, -0.05) is 56.1 Å². The Morgan fingerprint density at radius 1 is 1.05 bits per heavy atom. The molecule has 0 fully saturated rings. The Balaban J connectivity index is 0.000000342. The Hall–Kier alpha value is -0.830. The molecule has 0 heterocycles. The number of aryl methyl sites for hydroxylation is 2. The molecule has 2 rings (SSSR count). The molecular formula is C17H23Cl2NS. The zero-order valence-electron chi connectivity index (χ0n) is 13.0. The maximum Gasteiger partial charge on any atom is 0.0554 e. The molecule has 0 aliphatic carbocycles. The molecule has 0 radical (unpaired) electrons. The number of rotatable bonds is 1. The molecule has 0 bridgehead atoms. The lowest BCUT2D eigenvalue weighted by Crippen LogP contribution is -1.89. The van der Waals surface area contributed by atoms with E-state index in [4.69, 9.17) is 28.9 Å². The summed E-state index contributed by atoms with van der Waals surface area (Å²) >= 11 is 15.4. The summed E-state index contributed by atoms with van der Waals surface area (Å²) in [6, 6.07) is 11.3. The van der Waals surface area contributed by atoms with Gasteiger partial charge in [0.2, 0.25) is 0 Å². The fourth-order valence-corrected chi connectivity index (χ4v) is 2.15. The minimum absolute atomic E-state index is 0.589. The third-order valence-electron chi connectivity index (χ3n) is 2.69. The summed E-state index contributed by atoms with van der Waals surface area (Å²) in [6.07, 6.45) is 1.09. The van der Waals surface area contributed by atoms with E-state index in [1.54, 1.807) is 18.2 Å². The predicted octanol–water partition coefficient (Wildman–Crippen LogP) is 6.45. The van der Waals surface area contributed by atoms with Crippen molar-refractivity contribution in [2.45, 2.75) is 39.0 Å². The van der Waals surface area contributed by atoms with Gasteiger partial charge in [0, 0.05) is 10.6 Å². The Kier molecular flexibility index (Phi) is 10.4. The molecule has 116 valence electrons. The van der Waals surface area contributed by atoms with Crippen molar-refractivity contribution in [3.63, 3.8) is 0 Å². The van der Waals surface area contributed by atoms with Gasteiger partial charge in [0.05, 0.1) is 10.0 Å². The van der Waals surface area contributed by atoms with Crippen LogP contribution >= 0.6 is 35.8 Å². The highest BCUT2D eigenvalue weighted by atomic mass is 35.5.